The lowest BCUT2D eigenvalue weighted by Crippen LogP contribution is -2.50. The second-order valence-electron chi connectivity index (χ2n) is 6.91. The second kappa shape index (κ2) is 7.07. The smallest absolute Gasteiger partial charge is 0.270 e. The third-order valence-corrected chi connectivity index (χ3v) is 5.15. The molecule has 2 saturated heterocycles. The summed E-state index contributed by atoms with van der Waals surface area (Å²) < 4.78 is 5.69. The van der Waals surface area contributed by atoms with Crippen LogP contribution in [0.3, 0.4) is 0 Å². The molecule has 6 nitrogen and oxygen atoms in total. The first-order chi connectivity index (χ1) is 11.5. The first kappa shape index (κ1) is 17.2. The highest BCUT2D eigenvalue weighted by atomic mass is 16.5. The summed E-state index contributed by atoms with van der Waals surface area (Å²) in [5.41, 5.74) is 2.76. The van der Waals surface area contributed by atoms with E-state index in [1.807, 2.05) is 18.7 Å². The fraction of sp³-hybridized carbons (Fsp3) is 0.667. The van der Waals surface area contributed by atoms with Crippen LogP contribution in [0.1, 0.15) is 51.9 Å². The summed E-state index contributed by atoms with van der Waals surface area (Å²) in [4.78, 5) is 31.9. The molecule has 2 aliphatic heterocycles. The van der Waals surface area contributed by atoms with Crippen molar-refractivity contribution in [2.75, 3.05) is 39.3 Å². The Bertz CT molecular complexity index is 624. The number of piperazine rings is 1. The molecule has 0 radical (unpaired) electrons. The number of ketones is 1. The van der Waals surface area contributed by atoms with Gasteiger partial charge < -0.3 is 14.6 Å². The van der Waals surface area contributed by atoms with Crippen molar-refractivity contribution in [1.82, 2.24) is 14.8 Å². The molecular weight excluding hydrogens is 306 g/mol. The molecule has 0 aromatic carbocycles. The first-order valence-electron chi connectivity index (χ1n) is 8.80. The Morgan fingerprint density at radius 1 is 1.21 bits per heavy atom. The molecule has 6 heteroatoms. The van der Waals surface area contributed by atoms with E-state index in [9.17, 15) is 9.59 Å². The number of rotatable bonds is 4. The van der Waals surface area contributed by atoms with Gasteiger partial charge in [0.15, 0.2) is 5.78 Å². The van der Waals surface area contributed by atoms with Crippen molar-refractivity contribution in [3.8, 4) is 0 Å². The largest absolute Gasteiger partial charge is 0.377 e. The Kier molecular flexibility index (Phi) is 5.06. The summed E-state index contributed by atoms with van der Waals surface area (Å²) in [6, 6.07) is 0. The maximum atomic E-state index is 12.8. The summed E-state index contributed by atoms with van der Waals surface area (Å²) in [5.74, 6) is 0.00143. The van der Waals surface area contributed by atoms with E-state index in [0.29, 0.717) is 17.4 Å². The van der Waals surface area contributed by atoms with Crippen LogP contribution in [0, 0.1) is 13.8 Å². The van der Waals surface area contributed by atoms with Crippen molar-refractivity contribution in [2.45, 2.75) is 39.7 Å². The van der Waals surface area contributed by atoms with Crippen molar-refractivity contribution in [3.05, 3.63) is 22.5 Å². The zero-order chi connectivity index (χ0) is 17.3. The quantitative estimate of drug-likeness (QED) is 0.853. The van der Waals surface area contributed by atoms with Crippen molar-refractivity contribution >= 4 is 11.7 Å². The predicted molar refractivity (Wildman–Crippen MR) is 91.6 cm³/mol. The van der Waals surface area contributed by atoms with Crippen LogP contribution in [0.5, 0.6) is 0 Å². The second-order valence-corrected chi connectivity index (χ2v) is 6.91. The number of Topliss-reactive ketones (excluding diaryl/α,β-unsaturated/α-hetero) is 1. The molecule has 1 N–H and O–H groups in total. The minimum absolute atomic E-state index is 0.000124. The van der Waals surface area contributed by atoms with Crippen molar-refractivity contribution in [3.63, 3.8) is 0 Å². The fourth-order valence-electron chi connectivity index (χ4n) is 3.86. The van der Waals surface area contributed by atoms with Gasteiger partial charge in [-0.2, -0.15) is 0 Å². The van der Waals surface area contributed by atoms with Crippen LogP contribution in [0.25, 0.3) is 0 Å². The molecule has 132 valence electrons. The lowest BCUT2D eigenvalue weighted by atomic mass is 10.1. The molecule has 2 aliphatic rings. The Morgan fingerprint density at radius 3 is 2.46 bits per heavy atom. The fourth-order valence-corrected chi connectivity index (χ4v) is 3.86. The maximum Gasteiger partial charge on any atom is 0.270 e. The minimum Gasteiger partial charge on any atom is -0.377 e. The van der Waals surface area contributed by atoms with E-state index in [4.69, 9.17) is 4.74 Å². The summed E-state index contributed by atoms with van der Waals surface area (Å²) >= 11 is 0. The number of aryl methyl sites for hydroxylation is 1. The van der Waals surface area contributed by atoms with Gasteiger partial charge in [-0.1, -0.05) is 0 Å². The molecule has 0 aliphatic carbocycles. The molecule has 3 heterocycles. The van der Waals surface area contributed by atoms with Gasteiger partial charge in [-0.3, -0.25) is 14.5 Å². The normalized spacial score (nSPS) is 22.1. The van der Waals surface area contributed by atoms with Crippen LogP contribution in [-0.4, -0.2) is 71.9 Å². The number of H-pyrrole nitrogens is 1. The number of nitrogens with one attached hydrogen (secondary N) is 1. The molecule has 1 amide bonds. The van der Waals surface area contributed by atoms with Gasteiger partial charge >= 0.3 is 0 Å². The third-order valence-electron chi connectivity index (χ3n) is 5.15. The molecule has 2 fully saturated rings. The van der Waals surface area contributed by atoms with Gasteiger partial charge in [-0.15, -0.1) is 0 Å². The van der Waals surface area contributed by atoms with Crippen molar-refractivity contribution in [2.24, 2.45) is 0 Å². The Labute approximate surface area is 143 Å². The highest BCUT2D eigenvalue weighted by molar-refractivity contribution is 6.02. The standard InChI is InChI=1S/C18H27N3O3/c1-12-16(14(3)22)13(2)19-17(12)18(23)21-8-6-20(7-9-21)11-15-5-4-10-24-15/h15,19H,4-11H2,1-3H3/t15-/m0/s1. The van der Waals surface area contributed by atoms with Crippen LogP contribution in [-0.2, 0) is 4.74 Å². The zero-order valence-corrected chi connectivity index (χ0v) is 14.9. The van der Waals surface area contributed by atoms with Gasteiger partial charge in [0.1, 0.15) is 5.69 Å². The average molecular weight is 333 g/mol. The Morgan fingerprint density at radius 2 is 1.92 bits per heavy atom. The maximum absolute atomic E-state index is 12.8. The molecule has 0 bridgehead atoms. The van der Waals surface area contributed by atoms with E-state index in [0.717, 1.165) is 63.4 Å². The molecule has 24 heavy (non-hydrogen) atoms. The molecule has 0 unspecified atom stereocenters. The van der Waals surface area contributed by atoms with E-state index in [1.54, 1.807) is 6.92 Å². The molecule has 0 spiro atoms. The van der Waals surface area contributed by atoms with Crippen LogP contribution in [0.15, 0.2) is 0 Å². The molecule has 1 aromatic heterocycles. The predicted octanol–water partition coefficient (Wildman–Crippen LogP) is 1.77. The van der Waals surface area contributed by atoms with Gasteiger partial charge in [0.05, 0.1) is 6.10 Å². The van der Waals surface area contributed by atoms with Gasteiger partial charge in [0, 0.05) is 50.6 Å². The zero-order valence-electron chi connectivity index (χ0n) is 14.9. The minimum atomic E-state index is -0.000124. The Hall–Kier alpha value is -1.66. The summed E-state index contributed by atoms with van der Waals surface area (Å²) in [5, 5.41) is 0. The number of aromatic nitrogens is 1. The van der Waals surface area contributed by atoms with Crippen molar-refractivity contribution < 1.29 is 14.3 Å². The number of nitrogens with zero attached hydrogens (tertiary/aromatic N) is 2. The highest BCUT2D eigenvalue weighted by Gasteiger charge is 2.28. The van der Waals surface area contributed by atoms with Crippen molar-refractivity contribution in [1.29, 1.82) is 0 Å². The molecular formula is C18H27N3O3. The SMILES string of the molecule is CC(=O)c1c(C)[nH]c(C(=O)N2CCN(C[C@@H]3CCCO3)CC2)c1C. The molecule has 0 saturated carbocycles. The number of aromatic amines is 1. The number of ether oxygens (including phenoxy) is 1. The number of carbonyl (C=O) groups excluding carboxylic acids is 2. The van der Waals surface area contributed by atoms with E-state index in [-0.39, 0.29) is 11.7 Å². The number of carbonyl (C=O) groups is 2. The summed E-state index contributed by atoms with van der Waals surface area (Å²) in [7, 11) is 0. The van der Waals surface area contributed by atoms with Gasteiger partial charge in [-0.05, 0) is 39.2 Å². The molecule has 1 aromatic rings. The monoisotopic (exact) mass is 333 g/mol. The number of hydrogen-bond acceptors (Lipinski definition) is 4. The first-order valence-corrected chi connectivity index (χ1v) is 8.80. The van der Waals surface area contributed by atoms with Crippen LogP contribution >= 0.6 is 0 Å². The van der Waals surface area contributed by atoms with E-state index >= 15 is 0 Å². The topological polar surface area (TPSA) is 65.6 Å². The van der Waals surface area contributed by atoms with E-state index in [1.165, 1.54) is 0 Å². The van der Waals surface area contributed by atoms with E-state index in [2.05, 4.69) is 9.88 Å². The highest BCUT2D eigenvalue weighted by Crippen LogP contribution is 2.21. The number of hydrogen-bond donors (Lipinski definition) is 1. The Balaban J connectivity index is 1.61. The van der Waals surface area contributed by atoms with Crippen LogP contribution in [0.4, 0.5) is 0 Å². The molecule has 3 rings (SSSR count). The summed E-state index contributed by atoms with van der Waals surface area (Å²) in [6.45, 7) is 10.3. The van der Waals surface area contributed by atoms with Gasteiger partial charge in [0.25, 0.3) is 5.91 Å². The average Bonchev–Trinajstić information content (AvgIpc) is 3.15. The number of amides is 1. The van der Waals surface area contributed by atoms with Crippen LogP contribution in [0.2, 0.25) is 0 Å². The lowest BCUT2D eigenvalue weighted by molar-refractivity contribution is 0.0429. The van der Waals surface area contributed by atoms with E-state index < -0.39 is 0 Å². The van der Waals surface area contributed by atoms with Crippen LogP contribution < -0.4 is 0 Å². The summed E-state index contributed by atoms with van der Waals surface area (Å²) in [6.07, 6.45) is 2.67. The lowest BCUT2D eigenvalue weighted by Gasteiger charge is -2.35. The third kappa shape index (κ3) is 3.39. The van der Waals surface area contributed by atoms with Gasteiger partial charge in [0.2, 0.25) is 0 Å². The molecule has 1 atom stereocenters. The van der Waals surface area contributed by atoms with Gasteiger partial charge in [-0.25, -0.2) is 0 Å².